The summed E-state index contributed by atoms with van der Waals surface area (Å²) in [4.78, 5) is 2.41. The summed E-state index contributed by atoms with van der Waals surface area (Å²) in [6.45, 7) is 5.66. The van der Waals surface area contributed by atoms with E-state index < -0.39 is 0 Å². The van der Waals surface area contributed by atoms with Crippen LogP contribution in [0, 0.1) is 0 Å². The van der Waals surface area contributed by atoms with Gasteiger partial charge in [-0.25, -0.2) is 0 Å². The molecule has 1 nitrogen and oxygen atoms in total. The van der Waals surface area contributed by atoms with E-state index in [9.17, 15) is 0 Å². The Kier molecular flexibility index (Phi) is 10.8. The third-order valence-corrected chi connectivity index (χ3v) is 6.92. The van der Waals surface area contributed by atoms with Crippen molar-refractivity contribution < 1.29 is 21.2 Å². The zero-order chi connectivity index (χ0) is 10.1. The van der Waals surface area contributed by atoms with Crippen molar-refractivity contribution in [1.29, 1.82) is 0 Å². The molecule has 0 aliphatic heterocycles. The molecule has 0 heterocycles. The van der Waals surface area contributed by atoms with E-state index in [1.165, 1.54) is 17.3 Å². The van der Waals surface area contributed by atoms with Crippen molar-refractivity contribution in [2.24, 2.45) is 0 Å². The molecule has 0 aromatic rings. The average Bonchev–Trinajstić information content (AvgIpc) is 2.13. The fourth-order valence-electron chi connectivity index (χ4n) is 1.36. The molecule has 3 heteroatoms. The Morgan fingerprint density at radius 1 is 1.54 bits per heavy atom. The summed E-state index contributed by atoms with van der Waals surface area (Å²) in [5.74, 6) is 0. The number of halogens is 2. The van der Waals surface area contributed by atoms with Gasteiger partial charge in [0.15, 0.2) is 0 Å². The second-order valence-electron chi connectivity index (χ2n) is 3.10. The topological polar surface area (TPSA) is 12.0 Å². The van der Waals surface area contributed by atoms with Crippen molar-refractivity contribution >= 4 is 25.2 Å². The maximum atomic E-state index is 3.99. The van der Waals surface area contributed by atoms with Crippen LogP contribution in [0.15, 0.2) is 0 Å². The Morgan fingerprint density at radius 3 is 2.69 bits per heavy atom. The fraction of sp³-hybridized carbons (Fsp3) is 0.900. The minimum atomic E-state index is 0.284. The van der Waals surface area contributed by atoms with Crippen LogP contribution in [0.3, 0.4) is 0 Å². The Balaban J connectivity index is 3.65. The summed E-state index contributed by atoms with van der Waals surface area (Å²) < 4.78 is 6.39. The molecule has 0 bridgehead atoms. The number of nitrogens with one attached hydrogen (secondary N) is 1. The van der Waals surface area contributed by atoms with Gasteiger partial charge in [-0.15, -0.1) is 0 Å². The zero-order valence-corrected chi connectivity index (χ0v) is 13.3. The summed E-state index contributed by atoms with van der Waals surface area (Å²) in [6.07, 6.45) is 2.86. The Morgan fingerprint density at radius 2 is 2.23 bits per heavy atom. The molecule has 82 valence electrons. The van der Waals surface area contributed by atoms with E-state index >= 15 is 0 Å². The first-order chi connectivity index (χ1) is 6.26. The van der Waals surface area contributed by atoms with E-state index in [4.69, 9.17) is 0 Å². The molecule has 0 rings (SSSR count). The molecule has 0 saturated carbocycles. The van der Waals surface area contributed by atoms with Gasteiger partial charge in [0.1, 0.15) is 0 Å². The summed E-state index contributed by atoms with van der Waals surface area (Å²) in [5, 5.41) is 3.54. The van der Waals surface area contributed by atoms with Crippen LogP contribution in [0.4, 0.5) is 0 Å². The summed E-state index contributed by atoms with van der Waals surface area (Å²) in [6, 6.07) is 0.741. The van der Waals surface area contributed by atoms with Gasteiger partial charge in [0.2, 0.25) is 0 Å². The van der Waals surface area contributed by atoms with Crippen LogP contribution in [-0.4, -0.2) is 30.4 Å². The summed E-state index contributed by atoms with van der Waals surface area (Å²) in [5.41, 5.74) is 0. The standard InChI is InChI=1S/C10H22I2N/c1-5-13-9(2)10(12-4)7-6-8-11-3/h9-10,13H,3,5-8H2,1-2,4H3/q-1/t9-,10+/m1/s1. The Hall–Kier alpha value is 1.29. The number of hydrogen-bond donors (Lipinski definition) is 1. The van der Waals surface area contributed by atoms with Crippen LogP contribution < -0.4 is 26.5 Å². The Labute approximate surface area is 103 Å². The van der Waals surface area contributed by atoms with Crippen molar-refractivity contribution in [3.8, 4) is 0 Å². The zero-order valence-electron chi connectivity index (χ0n) is 8.95. The number of alkyl halides is 3. The molecule has 2 atom stereocenters. The van der Waals surface area contributed by atoms with Crippen molar-refractivity contribution in [3.05, 3.63) is 0 Å². The van der Waals surface area contributed by atoms with Crippen molar-refractivity contribution in [2.45, 2.75) is 36.7 Å². The van der Waals surface area contributed by atoms with Gasteiger partial charge >= 0.3 is 104 Å². The van der Waals surface area contributed by atoms with Gasteiger partial charge in [-0.2, -0.15) is 0 Å². The van der Waals surface area contributed by atoms with E-state index in [1.54, 1.807) is 0 Å². The molecule has 0 saturated heterocycles. The molecule has 1 N–H and O–H groups in total. The molecule has 0 unspecified atom stereocenters. The van der Waals surface area contributed by atoms with Gasteiger partial charge in [-0.05, 0) is 0 Å². The van der Waals surface area contributed by atoms with Crippen LogP contribution in [-0.2, 0) is 0 Å². The van der Waals surface area contributed by atoms with Crippen molar-refractivity contribution in [3.63, 3.8) is 0 Å². The molecule has 0 aromatic heterocycles. The SMILES string of the molecule is C=ICCC[C@H]([I-]C)[C@@H](C)NCC. The monoisotopic (exact) mass is 410 g/mol. The first-order valence-electron chi connectivity index (χ1n) is 4.80. The molecule has 0 amide bonds. The number of rotatable bonds is 8. The van der Waals surface area contributed by atoms with E-state index in [-0.39, 0.29) is 20.7 Å². The summed E-state index contributed by atoms with van der Waals surface area (Å²) in [7, 11) is 0. The van der Waals surface area contributed by atoms with Gasteiger partial charge in [0.25, 0.3) is 0 Å². The van der Waals surface area contributed by atoms with Crippen LogP contribution in [0.5, 0.6) is 0 Å². The summed E-state index contributed by atoms with van der Waals surface area (Å²) >= 11 is 0.684. The normalized spacial score (nSPS) is 15.9. The first-order valence-corrected chi connectivity index (χ1v) is 11.3. The molecule has 0 aliphatic rings. The van der Waals surface area contributed by atoms with Crippen LogP contribution in [0.25, 0.3) is 0 Å². The van der Waals surface area contributed by atoms with E-state index in [0.717, 1.165) is 16.5 Å². The van der Waals surface area contributed by atoms with Crippen LogP contribution in [0.2, 0.25) is 0 Å². The maximum absolute atomic E-state index is 3.99. The van der Waals surface area contributed by atoms with Gasteiger partial charge < -0.3 is 0 Å². The molecule has 0 aromatic carbocycles. The number of hydrogen-bond acceptors (Lipinski definition) is 1. The van der Waals surface area contributed by atoms with Gasteiger partial charge in [-0.1, -0.05) is 0 Å². The fourth-order valence-corrected chi connectivity index (χ4v) is 4.74. The van der Waals surface area contributed by atoms with Gasteiger partial charge in [0.05, 0.1) is 0 Å². The third kappa shape index (κ3) is 7.25. The van der Waals surface area contributed by atoms with E-state index in [1.807, 2.05) is 0 Å². The predicted molar refractivity (Wildman–Crippen MR) is 68.1 cm³/mol. The van der Waals surface area contributed by atoms with Crippen molar-refractivity contribution in [1.82, 2.24) is 5.32 Å². The van der Waals surface area contributed by atoms with Crippen LogP contribution >= 0.6 is 20.7 Å². The second kappa shape index (κ2) is 9.83. The predicted octanol–water partition coefficient (Wildman–Crippen LogP) is -0.745. The molecule has 0 fully saturated rings. The second-order valence-corrected chi connectivity index (χ2v) is 8.10. The van der Waals surface area contributed by atoms with E-state index in [0.29, 0.717) is 21.2 Å². The Bertz CT molecular complexity index is 128. The molecular formula is C10H22I2N-. The van der Waals surface area contributed by atoms with Gasteiger partial charge in [0, 0.05) is 0 Å². The van der Waals surface area contributed by atoms with Gasteiger partial charge in [-0.3, -0.25) is 0 Å². The molecular weight excluding hydrogens is 388 g/mol. The molecule has 0 aliphatic carbocycles. The van der Waals surface area contributed by atoms with Crippen LogP contribution in [0.1, 0.15) is 26.7 Å². The molecule has 0 spiro atoms. The quantitative estimate of drug-likeness (QED) is 0.316. The van der Waals surface area contributed by atoms with E-state index in [2.05, 4.69) is 28.6 Å². The molecule has 0 radical (unpaired) electrons. The molecule has 13 heavy (non-hydrogen) atoms. The third-order valence-electron chi connectivity index (χ3n) is 2.10. The average molecular weight is 410 g/mol. The first kappa shape index (κ1) is 14.3. The van der Waals surface area contributed by atoms with Crippen molar-refractivity contribution in [2.75, 3.05) is 15.9 Å². The minimum absolute atomic E-state index is 0.284.